The number of piperidine rings is 1. The number of halogens is 1. The Balaban J connectivity index is 0.00000320. The average molecular weight is 544 g/mol. The third-order valence-electron chi connectivity index (χ3n) is 5.01. The first-order chi connectivity index (χ1) is 14.1. The van der Waals surface area contributed by atoms with Gasteiger partial charge in [-0.2, -0.15) is 0 Å². The van der Waals surface area contributed by atoms with Crippen molar-refractivity contribution in [2.24, 2.45) is 4.99 Å². The molecule has 1 fully saturated rings. The van der Waals surface area contributed by atoms with E-state index >= 15 is 0 Å². The van der Waals surface area contributed by atoms with E-state index in [1.54, 1.807) is 31.6 Å². The Morgan fingerprint density at radius 1 is 1.27 bits per heavy atom. The molecule has 1 saturated heterocycles. The first-order valence-corrected chi connectivity index (χ1v) is 10.5. The maximum Gasteiger partial charge on any atom is 0.341 e. The molecule has 0 amide bonds. The van der Waals surface area contributed by atoms with Gasteiger partial charge in [0.1, 0.15) is 11.3 Å². The molecule has 0 bridgehead atoms. The summed E-state index contributed by atoms with van der Waals surface area (Å²) < 4.78 is 10.1. The third-order valence-corrected chi connectivity index (χ3v) is 5.94. The quantitative estimate of drug-likeness (QED) is 0.251. The van der Waals surface area contributed by atoms with Crippen LogP contribution >= 0.6 is 35.3 Å². The number of nitrogens with zero attached hydrogens (tertiary/aromatic N) is 2. The number of benzene rings is 1. The lowest BCUT2D eigenvalue weighted by molar-refractivity contribution is 0.0597. The number of hydrogen-bond acceptors (Lipinski definition) is 6. The van der Waals surface area contributed by atoms with Gasteiger partial charge in [-0.25, -0.2) is 4.79 Å². The van der Waals surface area contributed by atoms with Crippen LogP contribution in [0.1, 0.15) is 28.8 Å². The first kappa shape index (κ1) is 24.3. The largest absolute Gasteiger partial charge is 0.496 e. The fourth-order valence-electron chi connectivity index (χ4n) is 3.39. The molecule has 0 radical (unpaired) electrons. The molecule has 2 N–H and O–H groups in total. The second kappa shape index (κ2) is 12.0. The monoisotopic (exact) mass is 544 g/mol. The van der Waals surface area contributed by atoms with Gasteiger partial charge in [-0.1, -0.05) is 6.07 Å². The van der Waals surface area contributed by atoms with Crippen molar-refractivity contribution in [3.05, 3.63) is 46.8 Å². The summed E-state index contributed by atoms with van der Waals surface area (Å²) in [6, 6.07) is 10.1. The van der Waals surface area contributed by atoms with Gasteiger partial charge in [0, 0.05) is 32.7 Å². The van der Waals surface area contributed by atoms with Crippen molar-refractivity contribution in [1.82, 2.24) is 10.6 Å². The minimum absolute atomic E-state index is 0. The van der Waals surface area contributed by atoms with Crippen LogP contribution in [0.5, 0.6) is 5.75 Å². The zero-order chi connectivity index (χ0) is 20.6. The predicted molar refractivity (Wildman–Crippen MR) is 133 cm³/mol. The normalized spacial score (nSPS) is 14.6. The van der Waals surface area contributed by atoms with Gasteiger partial charge in [-0.3, -0.25) is 4.99 Å². The van der Waals surface area contributed by atoms with Crippen molar-refractivity contribution in [3.8, 4) is 5.75 Å². The number of hydrogen-bond donors (Lipinski definition) is 2. The Labute approximate surface area is 198 Å². The molecule has 30 heavy (non-hydrogen) atoms. The van der Waals surface area contributed by atoms with E-state index < -0.39 is 5.97 Å². The van der Waals surface area contributed by atoms with Crippen molar-refractivity contribution in [2.75, 3.05) is 39.3 Å². The molecule has 3 rings (SSSR count). The van der Waals surface area contributed by atoms with Crippen molar-refractivity contribution < 1.29 is 14.3 Å². The standard InChI is InChI=1S/C21H28N4O3S.HI/c1-22-21(24-16-8-10-25(11-9-16)19-5-4-12-29-19)23-14-15-6-7-17(20(26)28-3)18(13-15)27-2;/h4-7,12-13,16H,8-11,14H2,1-3H3,(H2,22,23,24);1H. The number of aliphatic imine (C=N–C) groups is 1. The molecule has 7 nitrogen and oxygen atoms in total. The van der Waals surface area contributed by atoms with Crippen molar-refractivity contribution >= 4 is 52.2 Å². The zero-order valence-corrected chi connectivity index (χ0v) is 20.7. The van der Waals surface area contributed by atoms with Crippen LogP contribution in [-0.2, 0) is 11.3 Å². The van der Waals surface area contributed by atoms with Crippen molar-refractivity contribution in [1.29, 1.82) is 0 Å². The van der Waals surface area contributed by atoms with Crippen molar-refractivity contribution in [2.45, 2.75) is 25.4 Å². The van der Waals surface area contributed by atoms with Gasteiger partial charge in [0.2, 0.25) is 0 Å². The van der Waals surface area contributed by atoms with Crippen LogP contribution < -0.4 is 20.3 Å². The highest BCUT2D eigenvalue weighted by Gasteiger charge is 2.20. The molecule has 2 aromatic rings. The third kappa shape index (κ3) is 6.24. The predicted octanol–water partition coefficient (Wildman–Crippen LogP) is 3.50. The Morgan fingerprint density at radius 3 is 2.63 bits per heavy atom. The van der Waals surface area contributed by atoms with Crippen LogP contribution in [0.4, 0.5) is 5.00 Å². The summed E-state index contributed by atoms with van der Waals surface area (Å²) in [6.07, 6.45) is 2.14. The first-order valence-electron chi connectivity index (χ1n) is 9.65. The zero-order valence-electron chi connectivity index (χ0n) is 17.5. The van der Waals surface area contributed by atoms with E-state index in [0.717, 1.165) is 37.5 Å². The van der Waals surface area contributed by atoms with Crippen molar-refractivity contribution in [3.63, 3.8) is 0 Å². The summed E-state index contributed by atoms with van der Waals surface area (Å²) in [5, 5.41) is 10.3. The van der Waals surface area contributed by atoms with Crippen LogP contribution in [0.15, 0.2) is 40.7 Å². The highest BCUT2D eigenvalue weighted by atomic mass is 127. The van der Waals surface area contributed by atoms with Gasteiger partial charge >= 0.3 is 5.97 Å². The molecule has 0 saturated carbocycles. The van der Waals surface area contributed by atoms with Gasteiger partial charge < -0.3 is 25.0 Å². The minimum Gasteiger partial charge on any atom is -0.496 e. The SMILES string of the molecule is CN=C(NCc1ccc(C(=O)OC)c(OC)c1)NC1CCN(c2cccs2)CC1.I. The van der Waals surface area contributed by atoms with Gasteiger partial charge in [0.15, 0.2) is 5.96 Å². The molecule has 1 aliphatic rings. The lowest BCUT2D eigenvalue weighted by atomic mass is 10.1. The van der Waals surface area contributed by atoms with E-state index in [0.29, 0.717) is 23.9 Å². The maximum absolute atomic E-state index is 11.8. The van der Waals surface area contributed by atoms with Gasteiger partial charge in [-0.15, -0.1) is 35.3 Å². The molecule has 9 heteroatoms. The molecule has 1 aromatic carbocycles. The van der Waals surface area contributed by atoms with E-state index in [1.165, 1.54) is 12.1 Å². The molecule has 1 aliphatic heterocycles. The van der Waals surface area contributed by atoms with Crippen LogP contribution in [0.25, 0.3) is 0 Å². The van der Waals surface area contributed by atoms with E-state index in [4.69, 9.17) is 9.47 Å². The Morgan fingerprint density at radius 2 is 2.03 bits per heavy atom. The van der Waals surface area contributed by atoms with E-state index in [9.17, 15) is 4.79 Å². The number of carbonyl (C=O) groups excluding carboxylic acids is 1. The summed E-state index contributed by atoms with van der Waals surface area (Å²) in [7, 11) is 4.68. The number of nitrogens with one attached hydrogen (secondary N) is 2. The number of esters is 1. The van der Waals surface area contributed by atoms with Gasteiger partial charge in [0.25, 0.3) is 0 Å². The fraction of sp³-hybridized carbons (Fsp3) is 0.429. The number of ether oxygens (including phenoxy) is 2. The summed E-state index contributed by atoms with van der Waals surface area (Å²) >= 11 is 1.79. The molecule has 0 unspecified atom stereocenters. The highest BCUT2D eigenvalue weighted by Crippen LogP contribution is 2.25. The maximum atomic E-state index is 11.8. The average Bonchev–Trinajstić information content (AvgIpc) is 3.31. The molecule has 0 spiro atoms. The summed E-state index contributed by atoms with van der Waals surface area (Å²) in [6.45, 7) is 2.66. The molecule has 164 valence electrons. The molecule has 0 atom stereocenters. The van der Waals surface area contributed by atoms with E-state index in [-0.39, 0.29) is 24.0 Å². The number of thiophene rings is 1. The van der Waals surface area contributed by atoms with Crippen LogP contribution in [0, 0.1) is 0 Å². The Kier molecular flexibility index (Phi) is 9.70. The van der Waals surface area contributed by atoms with E-state index in [2.05, 4.69) is 38.0 Å². The number of rotatable bonds is 6. The topological polar surface area (TPSA) is 75.2 Å². The smallest absolute Gasteiger partial charge is 0.341 e. The summed E-state index contributed by atoms with van der Waals surface area (Å²) in [5.41, 5.74) is 1.41. The Bertz CT molecular complexity index is 837. The molecular formula is C21H29IN4O3S. The number of anilines is 1. The number of carbonyl (C=O) groups is 1. The number of methoxy groups -OCH3 is 2. The molecule has 2 heterocycles. The van der Waals surface area contributed by atoms with Gasteiger partial charge in [-0.05, 0) is 48.1 Å². The van der Waals surface area contributed by atoms with Crippen LogP contribution in [0.3, 0.4) is 0 Å². The second-order valence-electron chi connectivity index (χ2n) is 6.81. The minimum atomic E-state index is -0.410. The fourth-order valence-corrected chi connectivity index (χ4v) is 4.18. The lowest BCUT2D eigenvalue weighted by Gasteiger charge is -2.33. The number of guanidine groups is 1. The lowest BCUT2D eigenvalue weighted by Crippen LogP contribution is -2.48. The second-order valence-corrected chi connectivity index (χ2v) is 7.74. The molecule has 0 aliphatic carbocycles. The molecular weight excluding hydrogens is 515 g/mol. The molecule has 1 aromatic heterocycles. The highest BCUT2D eigenvalue weighted by molar-refractivity contribution is 14.0. The van der Waals surface area contributed by atoms with Crippen LogP contribution in [0.2, 0.25) is 0 Å². The Hall–Kier alpha value is -2.01. The summed E-state index contributed by atoms with van der Waals surface area (Å²) in [5.74, 6) is 0.864. The van der Waals surface area contributed by atoms with Gasteiger partial charge in [0.05, 0.1) is 19.2 Å². The van der Waals surface area contributed by atoms with Crippen LogP contribution in [-0.4, -0.2) is 52.3 Å². The summed E-state index contributed by atoms with van der Waals surface area (Å²) in [4.78, 5) is 18.6. The van der Waals surface area contributed by atoms with E-state index in [1.807, 2.05) is 12.1 Å².